The third-order valence-electron chi connectivity index (χ3n) is 15.7. The number of nitrogens with zero attached hydrogens (tertiary/aromatic N) is 2. The highest BCUT2D eigenvalue weighted by Crippen LogP contribution is 2.35. The van der Waals surface area contributed by atoms with Crippen molar-refractivity contribution in [1.29, 1.82) is 0 Å². The number of nitrogens with one attached hydrogen (secondary N) is 1. The van der Waals surface area contributed by atoms with Crippen LogP contribution in [0.5, 0.6) is 0 Å². The fourth-order valence-corrected chi connectivity index (χ4v) is 10.6. The Labute approximate surface area is 452 Å². The molecule has 4 unspecified atom stereocenters. The first-order valence-corrected chi connectivity index (χ1v) is 29.9. The van der Waals surface area contributed by atoms with Crippen molar-refractivity contribution in [3.63, 3.8) is 0 Å². The maximum Gasteiger partial charge on any atom is 0.306 e. The van der Waals surface area contributed by atoms with Gasteiger partial charge in [0.1, 0.15) is 23.9 Å². The predicted molar refractivity (Wildman–Crippen MR) is 305 cm³/mol. The zero-order valence-corrected chi connectivity index (χ0v) is 48.9. The highest BCUT2D eigenvalue weighted by Gasteiger charge is 2.45. The van der Waals surface area contributed by atoms with Crippen LogP contribution in [-0.2, 0) is 38.2 Å². The molecule has 0 saturated heterocycles. The highest BCUT2D eigenvalue weighted by molar-refractivity contribution is 5.91. The van der Waals surface area contributed by atoms with Crippen LogP contribution in [0.25, 0.3) is 0 Å². The monoisotopic (exact) mass is 1040 g/mol. The molecule has 0 heterocycles. The van der Waals surface area contributed by atoms with E-state index in [0.29, 0.717) is 58.0 Å². The van der Waals surface area contributed by atoms with Gasteiger partial charge in [0, 0.05) is 38.8 Å². The van der Waals surface area contributed by atoms with E-state index in [1.165, 1.54) is 51.4 Å². The lowest BCUT2D eigenvalue weighted by atomic mass is 9.82. The molecule has 4 atom stereocenters. The van der Waals surface area contributed by atoms with Crippen molar-refractivity contribution in [1.82, 2.24) is 15.1 Å². The molecule has 0 bridgehead atoms. The molecule has 0 fully saturated rings. The summed E-state index contributed by atoms with van der Waals surface area (Å²) in [6, 6.07) is 0. The number of hydrogen-bond donors (Lipinski definition) is 1. The zero-order valence-electron chi connectivity index (χ0n) is 48.9. The minimum Gasteiger partial charge on any atom is -0.462 e. The number of rotatable bonds is 42. The van der Waals surface area contributed by atoms with Crippen molar-refractivity contribution >= 4 is 29.7 Å². The van der Waals surface area contributed by atoms with E-state index in [1.54, 1.807) is 4.90 Å². The molecule has 0 aromatic carbocycles. The van der Waals surface area contributed by atoms with Crippen LogP contribution >= 0.6 is 0 Å². The molecule has 0 aromatic rings. The van der Waals surface area contributed by atoms with E-state index in [-0.39, 0.29) is 98.4 Å². The van der Waals surface area contributed by atoms with E-state index in [4.69, 9.17) is 14.2 Å². The molecule has 11 nitrogen and oxygen atoms in total. The average Bonchev–Trinajstić information content (AvgIpc) is 3.35. The molecule has 11 heteroatoms. The first-order chi connectivity index (χ1) is 35.5. The van der Waals surface area contributed by atoms with Crippen LogP contribution < -0.4 is 5.32 Å². The minimum atomic E-state index is -1.35. The van der Waals surface area contributed by atoms with Crippen molar-refractivity contribution in [2.45, 2.75) is 278 Å². The molecule has 2 amide bonds. The number of unbranched alkanes of at least 4 members (excludes halogenated alkanes) is 13. The lowest BCUT2D eigenvalue weighted by Crippen LogP contribution is -2.61. The number of carbonyl (C=O) groups is 5. The maximum absolute atomic E-state index is 15.1. The Balaban J connectivity index is 2.40. The molecule has 2 rings (SSSR count). The summed E-state index contributed by atoms with van der Waals surface area (Å²) in [5, 5.41) is 3.21. The SMILES string of the molecule is C=C(C)C1CC=C(C)C(OC(=O)CCCC(CCCC(=O)OC2CC(C(=C)C)CC=C2C)(C(=O)NCCCC)N(CCCCN(C)C)C(=O)CCCCC(=O)OC(CCCCCCCC)CCCCCCCC)C1. The second-order valence-corrected chi connectivity index (χ2v) is 22.7. The van der Waals surface area contributed by atoms with Crippen LogP contribution in [0.4, 0.5) is 0 Å². The van der Waals surface area contributed by atoms with Gasteiger partial charge in [-0.3, -0.25) is 24.0 Å². The molecule has 2 aliphatic carbocycles. The Morgan fingerprint density at radius 1 is 0.595 bits per heavy atom. The fourth-order valence-electron chi connectivity index (χ4n) is 10.6. The van der Waals surface area contributed by atoms with Crippen LogP contribution in [-0.4, -0.2) is 97.1 Å². The first kappa shape index (κ1) is 66.4. The summed E-state index contributed by atoms with van der Waals surface area (Å²) in [4.78, 5) is 74.8. The van der Waals surface area contributed by atoms with Gasteiger partial charge in [-0.05, 0) is 180 Å². The third-order valence-corrected chi connectivity index (χ3v) is 15.7. The van der Waals surface area contributed by atoms with Gasteiger partial charge in [0.15, 0.2) is 0 Å². The zero-order chi connectivity index (χ0) is 54.7. The van der Waals surface area contributed by atoms with Gasteiger partial charge >= 0.3 is 17.9 Å². The summed E-state index contributed by atoms with van der Waals surface area (Å²) >= 11 is 0. The van der Waals surface area contributed by atoms with Crippen LogP contribution in [0.2, 0.25) is 0 Å². The number of ether oxygens (including phenoxy) is 3. The van der Waals surface area contributed by atoms with E-state index >= 15 is 4.79 Å². The van der Waals surface area contributed by atoms with Crippen molar-refractivity contribution in [3.05, 3.63) is 47.6 Å². The molecule has 2 aliphatic rings. The highest BCUT2D eigenvalue weighted by atomic mass is 16.6. The lowest BCUT2D eigenvalue weighted by Gasteiger charge is -2.43. The Kier molecular flexibility index (Phi) is 34.8. The average molecular weight is 1040 g/mol. The Hall–Kier alpha value is -3.73. The van der Waals surface area contributed by atoms with Crippen LogP contribution in [0.15, 0.2) is 47.6 Å². The minimum absolute atomic E-state index is 0.0756. The molecule has 0 spiro atoms. The van der Waals surface area contributed by atoms with E-state index < -0.39 is 5.54 Å². The molecule has 0 aliphatic heterocycles. The van der Waals surface area contributed by atoms with E-state index in [2.05, 4.69) is 56.3 Å². The smallest absolute Gasteiger partial charge is 0.306 e. The number of carbonyl (C=O) groups excluding carboxylic acids is 5. The van der Waals surface area contributed by atoms with Gasteiger partial charge in [0.2, 0.25) is 11.8 Å². The summed E-state index contributed by atoms with van der Waals surface area (Å²) in [5.41, 5.74) is 2.86. The van der Waals surface area contributed by atoms with Gasteiger partial charge in [-0.25, -0.2) is 0 Å². The number of allylic oxidation sites excluding steroid dienone is 4. The lowest BCUT2D eigenvalue weighted by molar-refractivity contribution is -0.153. The van der Waals surface area contributed by atoms with Gasteiger partial charge < -0.3 is 29.3 Å². The van der Waals surface area contributed by atoms with E-state index in [9.17, 15) is 19.2 Å². The molecular weight excluding hydrogens is 927 g/mol. The van der Waals surface area contributed by atoms with Crippen LogP contribution in [0, 0.1) is 11.8 Å². The maximum atomic E-state index is 15.1. The fraction of sp³-hybridized carbons (Fsp3) is 0.794. The normalized spacial score (nSPS) is 18.5. The van der Waals surface area contributed by atoms with Gasteiger partial charge in [0.05, 0.1) is 0 Å². The second kappa shape index (κ2) is 38.8. The van der Waals surface area contributed by atoms with E-state index in [0.717, 1.165) is 99.5 Å². The summed E-state index contributed by atoms with van der Waals surface area (Å²) in [5.74, 6) is -0.813. The quantitative estimate of drug-likeness (QED) is 0.0275. The van der Waals surface area contributed by atoms with Crippen molar-refractivity contribution in [2.75, 3.05) is 33.7 Å². The van der Waals surface area contributed by atoms with Crippen molar-refractivity contribution in [3.8, 4) is 0 Å². The summed E-state index contributed by atoms with van der Waals surface area (Å²) in [6.45, 7) is 24.5. The molecule has 424 valence electrons. The van der Waals surface area contributed by atoms with Gasteiger partial charge in [0.25, 0.3) is 0 Å². The van der Waals surface area contributed by atoms with Gasteiger partial charge in [-0.15, -0.1) is 0 Å². The van der Waals surface area contributed by atoms with Crippen LogP contribution in [0.3, 0.4) is 0 Å². The van der Waals surface area contributed by atoms with E-state index in [1.807, 2.05) is 41.8 Å². The molecule has 1 N–H and O–H groups in total. The largest absolute Gasteiger partial charge is 0.462 e. The molecule has 0 saturated carbocycles. The molecule has 0 aromatic heterocycles. The predicted octanol–water partition coefficient (Wildman–Crippen LogP) is 14.8. The standard InChI is InChI=1S/C63H109N3O8/c1-12-15-18-20-22-24-32-55(33-25-23-21-19-16-13-2)72-59(68)35-27-26-34-58(67)66(46-29-28-45-65(10)11)63(62(71)64-44-17-14-3,42-30-36-60(69)73-56-47-53(49(4)5)40-38-51(56)8)43-31-37-61(70)74-57-48-54(50(6)7)41-39-52(57)9/h38-39,53-57H,4,6,12-37,40-48H2,1-3,5,7-11H3,(H,64,71). The van der Waals surface area contributed by atoms with Crippen molar-refractivity contribution in [2.24, 2.45) is 11.8 Å². The molecule has 0 radical (unpaired) electrons. The Morgan fingerprint density at radius 2 is 1.04 bits per heavy atom. The van der Waals surface area contributed by atoms with Crippen molar-refractivity contribution < 1.29 is 38.2 Å². The van der Waals surface area contributed by atoms with Crippen LogP contribution in [0.1, 0.15) is 254 Å². The van der Waals surface area contributed by atoms with Gasteiger partial charge in [-0.2, -0.15) is 0 Å². The molecular formula is C63H109N3O8. The first-order valence-electron chi connectivity index (χ1n) is 29.9. The summed E-state index contributed by atoms with van der Waals surface area (Å²) < 4.78 is 18.4. The summed E-state index contributed by atoms with van der Waals surface area (Å²) in [6.07, 6.45) is 28.5. The number of esters is 3. The second-order valence-electron chi connectivity index (χ2n) is 22.7. The Bertz CT molecular complexity index is 1650. The number of hydrogen-bond acceptors (Lipinski definition) is 9. The summed E-state index contributed by atoms with van der Waals surface area (Å²) in [7, 11) is 4.05. The third kappa shape index (κ3) is 26.8. The van der Waals surface area contributed by atoms with Gasteiger partial charge in [-0.1, -0.05) is 128 Å². The Morgan fingerprint density at radius 3 is 1.51 bits per heavy atom. The number of amides is 2. The molecule has 74 heavy (non-hydrogen) atoms. The topological polar surface area (TPSA) is 132 Å².